The van der Waals surface area contributed by atoms with E-state index in [4.69, 9.17) is 0 Å². The molecule has 0 amide bonds. The molecule has 1 aliphatic rings. The maximum absolute atomic E-state index is 12.9. The number of aryl methyl sites for hydroxylation is 1. The molecule has 1 aliphatic heterocycles. The number of likely N-dealkylation sites (N-methyl/N-ethyl adjacent to an activating group) is 1. The fourth-order valence-corrected chi connectivity index (χ4v) is 3.77. The molecule has 0 N–H and O–H groups in total. The van der Waals surface area contributed by atoms with E-state index in [0.29, 0.717) is 12.1 Å². The maximum atomic E-state index is 12.9. The van der Waals surface area contributed by atoms with Crippen LogP contribution in [0.3, 0.4) is 0 Å². The second-order valence-electron chi connectivity index (χ2n) is 7.13. The number of hydrogen-bond acceptors (Lipinski definition) is 4. The van der Waals surface area contributed by atoms with Crippen molar-refractivity contribution in [3.8, 4) is 11.4 Å². The van der Waals surface area contributed by atoms with Gasteiger partial charge in [-0.15, -0.1) is 0 Å². The van der Waals surface area contributed by atoms with Crippen LogP contribution in [0.2, 0.25) is 0 Å². The molecule has 0 unspecified atom stereocenters. The molecule has 0 saturated carbocycles. The topological polar surface area (TPSA) is 37.7 Å². The van der Waals surface area contributed by atoms with Crippen LogP contribution in [0.15, 0.2) is 30.3 Å². The van der Waals surface area contributed by atoms with Gasteiger partial charge in [-0.05, 0) is 50.7 Å². The zero-order valence-corrected chi connectivity index (χ0v) is 16.6. The fourth-order valence-electron chi connectivity index (χ4n) is 3.77. The van der Waals surface area contributed by atoms with Crippen molar-refractivity contribution >= 4 is 5.78 Å². The maximum Gasteiger partial charge on any atom is 0.387 e. The Labute approximate surface area is 164 Å². The van der Waals surface area contributed by atoms with E-state index in [-0.39, 0.29) is 11.5 Å². The summed E-state index contributed by atoms with van der Waals surface area (Å²) in [6.07, 6.45) is 0. The molecule has 0 aliphatic carbocycles. The molecule has 1 saturated heterocycles. The van der Waals surface area contributed by atoms with E-state index >= 15 is 0 Å². The summed E-state index contributed by atoms with van der Waals surface area (Å²) in [6.45, 7) is 8.44. The Balaban J connectivity index is 1.73. The second kappa shape index (κ2) is 8.84. The highest BCUT2D eigenvalue weighted by Gasteiger charge is 2.22. The predicted molar refractivity (Wildman–Crippen MR) is 105 cm³/mol. The molecule has 0 atom stereocenters. The van der Waals surface area contributed by atoms with E-state index in [1.54, 1.807) is 12.1 Å². The zero-order valence-electron chi connectivity index (χ0n) is 16.6. The molecule has 5 nitrogen and oxygen atoms in total. The number of ether oxygens (including phenoxy) is 1. The monoisotopic (exact) mass is 391 g/mol. The molecular formula is C21H27F2N3O2. The number of carbonyl (C=O) groups is 1. The van der Waals surface area contributed by atoms with Crippen LogP contribution in [0.25, 0.3) is 5.69 Å². The molecule has 0 spiro atoms. The van der Waals surface area contributed by atoms with Crippen LogP contribution in [0.4, 0.5) is 8.78 Å². The van der Waals surface area contributed by atoms with Crippen LogP contribution >= 0.6 is 0 Å². The van der Waals surface area contributed by atoms with E-state index in [1.165, 1.54) is 12.1 Å². The minimum absolute atomic E-state index is 0.113. The van der Waals surface area contributed by atoms with Gasteiger partial charge in [0.2, 0.25) is 0 Å². The largest absolute Gasteiger partial charge is 0.435 e. The second-order valence-corrected chi connectivity index (χ2v) is 7.13. The third kappa shape index (κ3) is 4.59. The van der Waals surface area contributed by atoms with Crippen LogP contribution < -0.4 is 4.74 Å². The Bertz CT molecular complexity index is 810. The van der Waals surface area contributed by atoms with E-state index in [2.05, 4.69) is 21.5 Å². The Morgan fingerprint density at radius 1 is 1.07 bits per heavy atom. The standard InChI is InChI=1S/C21H27F2N3O2/c1-4-24-9-11-25(12-10-24)14-20(27)19-13-15(2)26(16(19)3)17-5-7-18(8-6-17)28-21(22)23/h5-8,13,21H,4,9-12,14H2,1-3H3. The average molecular weight is 391 g/mol. The van der Waals surface area contributed by atoms with Gasteiger partial charge in [0.05, 0.1) is 6.54 Å². The molecule has 28 heavy (non-hydrogen) atoms. The summed E-state index contributed by atoms with van der Waals surface area (Å²) in [5.41, 5.74) is 3.31. The van der Waals surface area contributed by atoms with Gasteiger partial charge in [-0.3, -0.25) is 9.69 Å². The number of benzene rings is 1. The lowest BCUT2D eigenvalue weighted by Gasteiger charge is -2.33. The van der Waals surface area contributed by atoms with E-state index < -0.39 is 6.61 Å². The number of alkyl halides is 2. The number of piperazine rings is 1. The summed E-state index contributed by atoms with van der Waals surface area (Å²) in [4.78, 5) is 17.5. The van der Waals surface area contributed by atoms with Gasteiger partial charge in [0, 0.05) is 48.8 Å². The number of hydrogen-bond donors (Lipinski definition) is 0. The smallest absolute Gasteiger partial charge is 0.387 e. The molecule has 1 aromatic carbocycles. The summed E-state index contributed by atoms with van der Waals surface area (Å²) in [6, 6.07) is 8.36. The van der Waals surface area contributed by atoms with Crippen LogP contribution in [0, 0.1) is 13.8 Å². The summed E-state index contributed by atoms with van der Waals surface area (Å²) < 4.78 is 31.0. The number of Topliss-reactive ketones (excluding diaryl/α,β-unsaturated/α-hetero) is 1. The lowest BCUT2D eigenvalue weighted by molar-refractivity contribution is -0.0498. The summed E-state index contributed by atoms with van der Waals surface area (Å²) in [7, 11) is 0. The van der Waals surface area contributed by atoms with E-state index in [1.807, 2.05) is 24.5 Å². The van der Waals surface area contributed by atoms with E-state index in [9.17, 15) is 13.6 Å². The van der Waals surface area contributed by atoms with Crippen LogP contribution in [-0.2, 0) is 0 Å². The fraction of sp³-hybridized carbons (Fsp3) is 0.476. The van der Waals surface area contributed by atoms with Crippen LogP contribution in [-0.4, -0.2) is 66.0 Å². The van der Waals surface area contributed by atoms with Crippen molar-refractivity contribution in [1.82, 2.24) is 14.4 Å². The number of nitrogens with zero attached hydrogens (tertiary/aromatic N) is 3. The first-order chi connectivity index (χ1) is 13.4. The molecule has 1 fully saturated rings. The SMILES string of the molecule is CCN1CCN(CC(=O)c2cc(C)n(-c3ccc(OC(F)F)cc3)c2C)CC1. The van der Waals surface area contributed by atoms with Gasteiger partial charge in [-0.2, -0.15) is 8.78 Å². The van der Waals surface area contributed by atoms with Gasteiger partial charge in [0.15, 0.2) is 5.78 Å². The van der Waals surface area contributed by atoms with Gasteiger partial charge in [0.25, 0.3) is 0 Å². The number of ketones is 1. The Morgan fingerprint density at radius 3 is 2.25 bits per heavy atom. The summed E-state index contributed by atoms with van der Waals surface area (Å²) >= 11 is 0. The van der Waals surface area contributed by atoms with Gasteiger partial charge in [-0.25, -0.2) is 0 Å². The lowest BCUT2D eigenvalue weighted by atomic mass is 10.1. The van der Waals surface area contributed by atoms with Crippen LogP contribution in [0.1, 0.15) is 28.7 Å². The summed E-state index contributed by atoms with van der Waals surface area (Å²) in [5.74, 6) is 0.227. The molecule has 1 aromatic heterocycles. The van der Waals surface area contributed by atoms with E-state index in [0.717, 1.165) is 49.8 Å². The third-order valence-electron chi connectivity index (χ3n) is 5.33. The minimum Gasteiger partial charge on any atom is -0.435 e. The lowest BCUT2D eigenvalue weighted by Crippen LogP contribution is -2.47. The van der Waals surface area contributed by atoms with Gasteiger partial charge < -0.3 is 14.2 Å². The quantitative estimate of drug-likeness (QED) is 0.677. The number of rotatable bonds is 7. The minimum atomic E-state index is -2.84. The van der Waals surface area contributed by atoms with Crippen molar-refractivity contribution in [1.29, 1.82) is 0 Å². The zero-order chi connectivity index (χ0) is 20.3. The normalized spacial score (nSPS) is 15.9. The van der Waals surface area contributed by atoms with Gasteiger partial charge in [-0.1, -0.05) is 6.92 Å². The third-order valence-corrected chi connectivity index (χ3v) is 5.33. The molecule has 0 radical (unpaired) electrons. The Morgan fingerprint density at radius 2 is 1.68 bits per heavy atom. The van der Waals surface area contributed by atoms with Crippen molar-refractivity contribution in [3.63, 3.8) is 0 Å². The molecule has 7 heteroatoms. The highest BCUT2D eigenvalue weighted by atomic mass is 19.3. The molecule has 3 rings (SSSR count). The van der Waals surface area contributed by atoms with Crippen molar-refractivity contribution in [2.24, 2.45) is 0 Å². The first kappa shape index (κ1) is 20.5. The number of halogens is 2. The molecule has 152 valence electrons. The van der Waals surface area contributed by atoms with Crippen molar-refractivity contribution in [2.75, 3.05) is 39.3 Å². The Hall–Kier alpha value is -2.25. The first-order valence-electron chi connectivity index (χ1n) is 9.61. The van der Waals surface area contributed by atoms with Gasteiger partial charge in [0.1, 0.15) is 5.75 Å². The molecule has 2 heterocycles. The van der Waals surface area contributed by atoms with Crippen LogP contribution in [0.5, 0.6) is 5.75 Å². The highest BCUT2D eigenvalue weighted by molar-refractivity contribution is 5.99. The summed E-state index contributed by atoms with van der Waals surface area (Å²) in [5, 5.41) is 0. The van der Waals surface area contributed by atoms with Crippen molar-refractivity contribution in [3.05, 3.63) is 47.3 Å². The number of carbonyl (C=O) groups excluding carboxylic acids is 1. The number of aromatic nitrogens is 1. The molecule has 0 bridgehead atoms. The molecule has 2 aromatic rings. The predicted octanol–water partition coefficient (Wildman–Crippen LogP) is 3.52. The van der Waals surface area contributed by atoms with Gasteiger partial charge >= 0.3 is 6.61 Å². The average Bonchev–Trinajstić information content (AvgIpc) is 2.97. The first-order valence-corrected chi connectivity index (χ1v) is 9.61. The Kier molecular flexibility index (Phi) is 6.46. The molecular weight excluding hydrogens is 364 g/mol. The van der Waals surface area contributed by atoms with Crippen molar-refractivity contribution < 1.29 is 18.3 Å². The van der Waals surface area contributed by atoms with Crippen molar-refractivity contribution in [2.45, 2.75) is 27.4 Å². The highest BCUT2D eigenvalue weighted by Crippen LogP contribution is 2.24.